The molecule has 0 spiro atoms. The Morgan fingerprint density at radius 2 is 1.56 bits per heavy atom. The molecule has 2 rings (SSSR count). The van der Waals surface area contributed by atoms with Crippen LogP contribution in [0.3, 0.4) is 0 Å². The summed E-state index contributed by atoms with van der Waals surface area (Å²) in [6, 6.07) is 17.8. The van der Waals surface area contributed by atoms with Crippen molar-refractivity contribution in [3.63, 3.8) is 0 Å². The van der Waals surface area contributed by atoms with Gasteiger partial charge in [0.1, 0.15) is 0 Å². The molecule has 2 aromatic rings. The van der Waals surface area contributed by atoms with Crippen molar-refractivity contribution in [1.29, 1.82) is 0 Å². The Balaban J connectivity index is 0.00000480. The third kappa shape index (κ3) is 10.8. The van der Waals surface area contributed by atoms with Gasteiger partial charge in [0.25, 0.3) is 0 Å². The predicted molar refractivity (Wildman–Crippen MR) is 127 cm³/mol. The summed E-state index contributed by atoms with van der Waals surface area (Å²) >= 11 is 0. The number of nitrogens with one attached hydrogen (secondary N) is 1. The number of carbonyl (C=O) groups is 3. The monoisotopic (exact) mass is 468 g/mol. The summed E-state index contributed by atoms with van der Waals surface area (Å²) in [7, 11) is 0. The summed E-state index contributed by atoms with van der Waals surface area (Å²) in [6.07, 6.45) is 0.639. The van der Waals surface area contributed by atoms with E-state index < -0.39 is 5.97 Å². The summed E-state index contributed by atoms with van der Waals surface area (Å²) in [5, 5.41) is 11.7. The molecule has 0 bridgehead atoms. The fourth-order valence-electron chi connectivity index (χ4n) is 3.27. The molecule has 1 amide bonds. The van der Waals surface area contributed by atoms with Crippen molar-refractivity contribution >= 4 is 69.2 Å². The molecule has 2 atom stereocenters. The third-order valence-electron chi connectivity index (χ3n) is 4.80. The van der Waals surface area contributed by atoms with Gasteiger partial charge in [-0.2, -0.15) is 0 Å². The van der Waals surface area contributed by atoms with E-state index in [1.54, 1.807) is 13.8 Å². The number of rotatable bonds is 11. The second-order valence-corrected chi connectivity index (χ2v) is 7.31. The van der Waals surface area contributed by atoms with E-state index in [4.69, 9.17) is 9.84 Å². The molecule has 0 saturated heterocycles. The van der Waals surface area contributed by atoms with Crippen molar-refractivity contribution in [3.05, 3.63) is 60.2 Å². The van der Waals surface area contributed by atoms with Crippen LogP contribution < -0.4 is 11.5 Å². The van der Waals surface area contributed by atoms with E-state index in [0.717, 1.165) is 16.7 Å². The molecule has 170 valence electrons. The van der Waals surface area contributed by atoms with Gasteiger partial charge in [-0.3, -0.25) is 14.4 Å². The zero-order valence-electron chi connectivity index (χ0n) is 18.2. The van der Waals surface area contributed by atoms with Crippen molar-refractivity contribution in [1.82, 2.24) is 11.5 Å². The first-order valence-electron chi connectivity index (χ1n) is 10.2. The Morgan fingerprint density at radius 3 is 2.12 bits per heavy atom. The first kappa shape index (κ1) is 30.4. The zero-order chi connectivity index (χ0) is 21.9. The molecule has 0 unspecified atom stereocenters. The molecule has 0 aliphatic rings. The maximum atomic E-state index is 12.2. The average Bonchev–Trinajstić information content (AvgIpc) is 2.73. The SMILES string of the molecule is CCOC(=O)[C@H](C)C[C@@H](Cc1ccc(-c2ccccc2)cc1)NC(=O)CCC(=O)O.N.[KH]. The van der Waals surface area contributed by atoms with Crippen LogP contribution in [-0.4, -0.2) is 87.0 Å². The minimum atomic E-state index is -1.02. The fraction of sp³-hybridized carbons (Fsp3) is 0.375. The second-order valence-electron chi connectivity index (χ2n) is 7.31. The van der Waals surface area contributed by atoms with E-state index >= 15 is 0 Å². The Hall–Kier alpha value is -1.55. The van der Waals surface area contributed by atoms with Crippen LogP contribution in [0.25, 0.3) is 11.1 Å². The molecular weight excluding hydrogens is 435 g/mol. The first-order chi connectivity index (χ1) is 14.4. The van der Waals surface area contributed by atoms with Gasteiger partial charge in [-0.25, -0.2) is 0 Å². The molecule has 32 heavy (non-hydrogen) atoms. The van der Waals surface area contributed by atoms with Crippen LogP contribution >= 0.6 is 0 Å². The van der Waals surface area contributed by atoms with Crippen LogP contribution in [0, 0.1) is 5.92 Å². The second kappa shape index (κ2) is 16.1. The van der Waals surface area contributed by atoms with E-state index in [-0.39, 0.29) is 94.2 Å². The van der Waals surface area contributed by atoms with E-state index in [9.17, 15) is 14.4 Å². The van der Waals surface area contributed by atoms with Crippen LogP contribution in [0.2, 0.25) is 0 Å². The Morgan fingerprint density at radius 1 is 0.969 bits per heavy atom. The van der Waals surface area contributed by atoms with Crippen molar-refractivity contribution in [2.75, 3.05) is 6.61 Å². The normalized spacial score (nSPS) is 11.8. The molecule has 0 aliphatic heterocycles. The van der Waals surface area contributed by atoms with E-state index in [1.165, 1.54) is 0 Å². The molecule has 0 radical (unpaired) electrons. The van der Waals surface area contributed by atoms with E-state index in [1.807, 2.05) is 54.6 Å². The molecule has 0 heterocycles. The number of hydrogen-bond acceptors (Lipinski definition) is 5. The van der Waals surface area contributed by atoms with Gasteiger partial charge in [-0.1, -0.05) is 61.5 Å². The molecule has 2 aromatic carbocycles. The van der Waals surface area contributed by atoms with Gasteiger partial charge in [0.15, 0.2) is 0 Å². The van der Waals surface area contributed by atoms with Crippen molar-refractivity contribution in [3.8, 4) is 11.1 Å². The Bertz CT molecular complexity index is 843. The number of aliphatic carboxylic acids is 1. The number of benzene rings is 2. The van der Waals surface area contributed by atoms with Gasteiger partial charge >= 0.3 is 63.3 Å². The number of amides is 1. The fourth-order valence-corrected chi connectivity index (χ4v) is 3.27. The van der Waals surface area contributed by atoms with Crippen LogP contribution in [-0.2, 0) is 25.5 Å². The van der Waals surface area contributed by atoms with Crippen molar-refractivity contribution in [2.24, 2.45) is 5.92 Å². The standard InChI is InChI=1S/C24H29NO5.K.H3N.H/c1-3-30-24(29)17(2)15-21(25-22(26)13-14-23(27)28)16-18-9-11-20(12-10-18)19-7-5-4-6-8-19;;;/h4-12,17,21H,3,13-16H2,1-2H3,(H,25,26)(H,27,28);;1H3;/t17-,21+;;;/m1.../s1. The van der Waals surface area contributed by atoms with Gasteiger partial charge in [0.05, 0.1) is 18.9 Å². The number of carboxylic acids is 1. The molecule has 8 heteroatoms. The summed E-state index contributed by atoms with van der Waals surface area (Å²) in [6.45, 7) is 3.83. The van der Waals surface area contributed by atoms with Gasteiger partial charge in [-0.05, 0) is 36.5 Å². The Kier molecular flexibility index (Phi) is 15.3. The molecule has 0 aromatic heterocycles. The quantitative estimate of drug-likeness (QED) is 0.343. The number of hydrogen-bond donors (Lipinski definition) is 3. The molecule has 0 aliphatic carbocycles. The average molecular weight is 469 g/mol. The van der Waals surface area contributed by atoms with Gasteiger partial charge in [0, 0.05) is 12.5 Å². The summed E-state index contributed by atoms with van der Waals surface area (Å²) < 4.78 is 5.07. The van der Waals surface area contributed by atoms with Crippen LogP contribution in [0.15, 0.2) is 54.6 Å². The van der Waals surface area contributed by atoms with Crippen LogP contribution in [0.4, 0.5) is 0 Å². The maximum absolute atomic E-state index is 12.2. The number of carboxylic acid groups (broad SMARTS) is 1. The van der Waals surface area contributed by atoms with Crippen LogP contribution in [0.1, 0.15) is 38.7 Å². The van der Waals surface area contributed by atoms with E-state index in [0.29, 0.717) is 19.4 Å². The molecule has 5 N–H and O–H groups in total. The third-order valence-corrected chi connectivity index (χ3v) is 4.80. The molecule has 0 saturated carbocycles. The molecular formula is C24H33KN2O5. The van der Waals surface area contributed by atoms with Gasteiger partial charge < -0.3 is 21.3 Å². The minimum absolute atomic E-state index is 0. The predicted octanol–water partition coefficient (Wildman–Crippen LogP) is 3.35. The number of carbonyl (C=O) groups excluding carboxylic acids is 2. The molecule has 7 nitrogen and oxygen atoms in total. The Labute approximate surface area is 232 Å². The van der Waals surface area contributed by atoms with Crippen molar-refractivity contribution in [2.45, 2.75) is 45.6 Å². The molecule has 0 fully saturated rings. The number of esters is 1. The van der Waals surface area contributed by atoms with Gasteiger partial charge in [0.2, 0.25) is 5.91 Å². The first-order valence-corrected chi connectivity index (χ1v) is 10.2. The van der Waals surface area contributed by atoms with Crippen molar-refractivity contribution < 1.29 is 24.2 Å². The zero-order valence-corrected chi connectivity index (χ0v) is 18.2. The van der Waals surface area contributed by atoms with Crippen LogP contribution in [0.5, 0.6) is 0 Å². The summed E-state index contributed by atoms with van der Waals surface area (Å²) in [5.74, 6) is -2.03. The topological polar surface area (TPSA) is 128 Å². The summed E-state index contributed by atoms with van der Waals surface area (Å²) in [5.41, 5.74) is 3.24. The van der Waals surface area contributed by atoms with E-state index in [2.05, 4.69) is 5.32 Å². The van der Waals surface area contributed by atoms with Gasteiger partial charge in [-0.15, -0.1) is 0 Å². The number of ether oxygens (including phenoxy) is 1. The summed E-state index contributed by atoms with van der Waals surface area (Å²) in [4.78, 5) is 34.9.